The normalized spacial score (nSPS) is 17.0. The first-order valence-corrected chi connectivity index (χ1v) is 7.85. The molecule has 1 fully saturated rings. The van der Waals surface area contributed by atoms with E-state index in [1.165, 1.54) is 5.56 Å². The zero-order valence-corrected chi connectivity index (χ0v) is 14.5. The van der Waals surface area contributed by atoms with Crippen LogP contribution in [0.2, 0.25) is 0 Å². The Balaban J connectivity index is 2.24. The van der Waals surface area contributed by atoms with Crippen LogP contribution >= 0.6 is 0 Å². The van der Waals surface area contributed by atoms with E-state index in [-0.39, 0.29) is 11.0 Å². The Morgan fingerprint density at radius 3 is 2.27 bits per heavy atom. The van der Waals surface area contributed by atoms with Crippen LogP contribution in [-0.4, -0.2) is 17.2 Å². The Labute approximate surface area is 133 Å². The number of carbonyl (C=O) groups is 1. The summed E-state index contributed by atoms with van der Waals surface area (Å²) in [6.07, 6.45) is 1.75. The lowest BCUT2D eigenvalue weighted by atomic mass is 9.79. The van der Waals surface area contributed by atoms with Crippen LogP contribution in [0.1, 0.15) is 58.6 Å². The van der Waals surface area contributed by atoms with Crippen molar-refractivity contribution in [3.05, 3.63) is 29.3 Å². The van der Waals surface area contributed by atoms with Gasteiger partial charge in [-0.25, -0.2) is 4.79 Å². The van der Waals surface area contributed by atoms with Crippen molar-refractivity contribution in [3.8, 4) is 0 Å². The number of amides is 1. The van der Waals surface area contributed by atoms with E-state index in [9.17, 15) is 4.79 Å². The summed E-state index contributed by atoms with van der Waals surface area (Å²) in [6.45, 7) is 11.7. The first-order chi connectivity index (χ1) is 9.95. The van der Waals surface area contributed by atoms with Gasteiger partial charge in [-0.1, -0.05) is 12.1 Å². The molecule has 122 valence electrons. The second kappa shape index (κ2) is 5.27. The van der Waals surface area contributed by atoms with Crippen molar-refractivity contribution in [2.45, 2.75) is 70.9 Å². The van der Waals surface area contributed by atoms with Gasteiger partial charge in [0.25, 0.3) is 0 Å². The predicted octanol–water partition coefficient (Wildman–Crippen LogP) is 4.11. The zero-order chi connectivity index (χ0) is 16.8. The van der Waals surface area contributed by atoms with Gasteiger partial charge in [0.1, 0.15) is 5.60 Å². The largest absolute Gasteiger partial charge is 0.444 e. The van der Waals surface area contributed by atoms with Gasteiger partial charge >= 0.3 is 6.09 Å². The smallest absolute Gasteiger partial charge is 0.412 e. The lowest BCUT2D eigenvalue weighted by molar-refractivity contribution is 0.0636. The molecule has 3 N–H and O–H groups in total. The quantitative estimate of drug-likeness (QED) is 0.883. The Morgan fingerprint density at radius 2 is 1.82 bits per heavy atom. The van der Waals surface area contributed by atoms with Gasteiger partial charge in [0.2, 0.25) is 0 Å². The molecule has 1 aromatic rings. The number of ether oxygens (including phenoxy) is 1. The summed E-state index contributed by atoms with van der Waals surface area (Å²) in [6, 6.07) is 6.20. The summed E-state index contributed by atoms with van der Waals surface area (Å²) < 4.78 is 5.33. The molecule has 0 unspecified atom stereocenters. The van der Waals surface area contributed by atoms with Gasteiger partial charge in [-0.2, -0.15) is 0 Å². The Hall–Kier alpha value is -1.55. The molecule has 0 spiro atoms. The van der Waals surface area contributed by atoms with Crippen LogP contribution in [0, 0.1) is 6.92 Å². The minimum atomic E-state index is -0.507. The number of aryl methyl sites for hydroxylation is 1. The number of hydrogen-bond donors (Lipinski definition) is 2. The van der Waals surface area contributed by atoms with E-state index in [1.807, 2.05) is 39.8 Å². The second-order valence-electron chi connectivity index (χ2n) is 7.96. The molecule has 1 saturated carbocycles. The zero-order valence-electron chi connectivity index (χ0n) is 14.5. The van der Waals surface area contributed by atoms with E-state index in [0.717, 1.165) is 24.1 Å². The molecule has 1 aliphatic carbocycles. The molecule has 4 nitrogen and oxygen atoms in total. The summed E-state index contributed by atoms with van der Waals surface area (Å²) in [5.74, 6) is 0. The van der Waals surface area contributed by atoms with Crippen LogP contribution in [0.25, 0.3) is 0 Å². The third-order valence-corrected chi connectivity index (χ3v) is 4.41. The fourth-order valence-electron chi connectivity index (χ4n) is 2.90. The summed E-state index contributed by atoms with van der Waals surface area (Å²) in [5.41, 5.74) is 8.61. The van der Waals surface area contributed by atoms with E-state index in [1.54, 1.807) is 0 Å². The lowest BCUT2D eigenvalue weighted by Gasteiger charge is -2.32. The number of nitrogens with one attached hydrogen (secondary N) is 1. The summed E-state index contributed by atoms with van der Waals surface area (Å²) in [5, 5.41) is 2.86. The minimum absolute atomic E-state index is 0.0189. The second-order valence-corrected chi connectivity index (χ2v) is 7.96. The SMILES string of the molecule is Cc1ccc(C2(C(C)(C)N)CC2)cc1NC(=O)OC(C)(C)C. The molecule has 0 aromatic heterocycles. The van der Waals surface area contributed by atoms with Crippen molar-refractivity contribution in [1.29, 1.82) is 0 Å². The molecular weight excluding hydrogens is 276 g/mol. The maximum absolute atomic E-state index is 12.0. The highest BCUT2D eigenvalue weighted by Gasteiger charge is 2.53. The average Bonchev–Trinajstić information content (AvgIpc) is 3.09. The fourth-order valence-corrected chi connectivity index (χ4v) is 2.90. The monoisotopic (exact) mass is 304 g/mol. The first-order valence-electron chi connectivity index (χ1n) is 7.85. The molecule has 0 aliphatic heterocycles. The van der Waals surface area contributed by atoms with Crippen molar-refractivity contribution in [2.75, 3.05) is 5.32 Å². The van der Waals surface area contributed by atoms with Crippen molar-refractivity contribution >= 4 is 11.8 Å². The number of hydrogen-bond acceptors (Lipinski definition) is 3. The molecule has 22 heavy (non-hydrogen) atoms. The molecule has 0 radical (unpaired) electrons. The van der Waals surface area contributed by atoms with Crippen LogP contribution in [0.3, 0.4) is 0 Å². The van der Waals surface area contributed by atoms with Gasteiger partial charge in [0.15, 0.2) is 0 Å². The third kappa shape index (κ3) is 3.43. The van der Waals surface area contributed by atoms with Gasteiger partial charge in [0, 0.05) is 16.6 Å². The number of nitrogens with two attached hydrogens (primary N) is 1. The van der Waals surface area contributed by atoms with Crippen LogP contribution < -0.4 is 11.1 Å². The highest BCUT2D eigenvalue weighted by Crippen LogP contribution is 2.55. The number of anilines is 1. The highest BCUT2D eigenvalue weighted by molar-refractivity contribution is 5.86. The van der Waals surface area contributed by atoms with Crippen LogP contribution in [0.4, 0.5) is 10.5 Å². The van der Waals surface area contributed by atoms with Crippen LogP contribution in [0.15, 0.2) is 18.2 Å². The summed E-state index contributed by atoms with van der Waals surface area (Å²) >= 11 is 0. The highest BCUT2D eigenvalue weighted by atomic mass is 16.6. The summed E-state index contributed by atoms with van der Waals surface area (Å²) in [7, 11) is 0. The first kappa shape index (κ1) is 16.8. The molecular formula is C18H28N2O2. The molecule has 0 bridgehead atoms. The van der Waals surface area contributed by atoms with Gasteiger partial charge in [-0.3, -0.25) is 5.32 Å². The molecule has 0 heterocycles. The van der Waals surface area contributed by atoms with E-state index >= 15 is 0 Å². The standard InChI is InChI=1S/C18H28N2O2/c1-12-7-8-13(18(9-10-18)17(5,6)19)11-14(12)20-15(21)22-16(2,3)4/h7-8,11H,9-10,19H2,1-6H3,(H,20,21). The minimum Gasteiger partial charge on any atom is -0.444 e. The predicted molar refractivity (Wildman–Crippen MR) is 90.2 cm³/mol. The topological polar surface area (TPSA) is 64.3 Å². The third-order valence-electron chi connectivity index (χ3n) is 4.41. The van der Waals surface area contributed by atoms with E-state index in [2.05, 4.69) is 25.2 Å². The molecule has 4 heteroatoms. The molecule has 2 rings (SSSR count). The Kier molecular flexibility index (Phi) is 4.03. The van der Waals surface area contributed by atoms with Gasteiger partial charge in [0.05, 0.1) is 0 Å². The van der Waals surface area contributed by atoms with Crippen molar-refractivity contribution in [1.82, 2.24) is 0 Å². The Bertz CT molecular complexity index is 576. The average molecular weight is 304 g/mol. The van der Waals surface area contributed by atoms with E-state index in [0.29, 0.717) is 0 Å². The van der Waals surface area contributed by atoms with Crippen LogP contribution in [0.5, 0.6) is 0 Å². The molecule has 1 aromatic carbocycles. The van der Waals surface area contributed by atoms with Crippen molar-refractivity contribution in [3.63, 3.8) is 0 Å². The maximum Gasteiger partial charge on any atom is 0.412 e. The fraction of sp³-hybridized carbons (Fsp3) is 0.611. The molecule has 1 amide bonds. The van der Waals surface area contributed by atoms with Gasteiger partial charge < -0.3 is 10.5 Å². The van der Waals surface area contributed by atoms with Crippen molar-refractivity contribution in [2.24, 2.45) is 5.73 Å². The maximum atomic E-state index is 12.0. The van der Waals surface area contributed by atoms with Gasteiger partial charge in [-0.15, -0.1) is 0 Å². The number of carbonyl (C=O) groups excluding carboxylic acids is 1. The van der Waals surface area contributed by atoms with E-state index in [4.69, 9.17) is 10.5 Å². The Morgan fingerprint density at radius 1 is 1.23 bits per heavy atom. The number of benzene rings is 1. The van der Waals surface area contributed by atoms with Crippen molar-refractivity contribution < 1.29 is 9.53 Å². The van der Waals surface area contributed by atoms with E-state index < -0.39 is 11.7 Å². The lowest BCUT2D eigenvalue weighted by Crippen LogP contribution is -2.45. The summed E-state index contributed by atoms with van der Waals surface area (Å²) in [4.78, 5) is 12.0. The number of rotatable bonds is 3. The van der Waals surface area contributed by atoms with Crippen LogP contribution in [-0.2, 0) is 10.2 Å². The van der Waals surface area contributed by atoms with Gasteiger partial charge in [-0.05, 0) is 71.6 Å². The molecule has 1 aliphatic rings. The molecule has 0 atom stereocenters. The molecule has 0 saturated heterocycles.